The number of allylic oxidation sites excluding steroid dienone is 1. The summed E-state index contributed by atoms with van der Waals surface area (Å²) in [5.41, 5.74) is 3.36. The maximum Gasteiger partial charge on any atom is 0.344 e. The van der Waals surface area contributed by atoms with Crippen LogP contribution in [-0.4, -0.2) is 36.3 Å². The van der Waals surface area contributed by atoms with Crippen molar-refractivity contribution >= 4 is 29.4 Å². The lowest BCUT2D eigenvalue weighted by atomic mass is 9.92. The van der Waals surface area contributed by atoms with Gasteiger partial charge in [-0.1, -0.05) is 81.0 Å². The van der Waals surface area contributed by atoms with Crippen LogP contribution >= 0.6 is 11.3 Å². The molecule has 216 valence electrons. The lowest BCUT2D eigenvalue weighted by molar-refractivity contribution is -0.145. The number of para-hydroxylation sites is 1. The molecule has 0 spiro atoms. The molecule has 0 radical (unpaired) electrons. The summed E-state index contributed by atoms with van der Waals surface area (Å²) >= 11 is 1.26. The summed E-state index contributed by atoms with van der Waals surface area (Å²) in [6.07, 6.45) is 3.09. The third-order valence-electron chi connectivity index (χ3n) is 6.67. The third-order valence-corrected chi connectivity index (χ3v) is 7.65. The Hall–Kier alpha value is -3.98. The zero-order chi connectivity index (χ0) is 29.5. The van der Waals surface area contributed by atoms with Crippen molar-refractivity contribution in [3.05, 3.63) is 96.2 Å². The molecule has 0 N–H and O–H groups in total. The number of benzene rings is 2. The van der Waals surface area contributed by atoms with Crippen LogP contribution < -0.4 is 19.6 Å². The molecule has 3 aromatic rings. The first-order chi connectivity index (χ1) is 19.8. The molecule has 0 bridgehead atoms. The predicted octanol–water partition coefficient (Wildman–Crippen LogP) is 4.64. The molecule has 1 atom stereocenters. The van der Waals surface area contributed by atoms with Crippen LogP contribution in [0.5, 0.6) is 5.75 Å². The number of carbonyl (C=O) groups is 2. The van der Waals surface area contributed by atoms with Crippen LogP contribution in [0.3, 0.4) is 0 Å². The number of thiazole rings is 1. The molecule has 1 aliphatic heterocycles. The van der Waals surface area contributed by atoms with Crippen LogP contribution in [0.1, 0.15) is 76.1 Å². The van der Waals surface area contributed by atoms with Gasteiger partial charge in [-0.05, 0) is 49.5 Å². The van der Waals surface area contributed by atoms with Crippen LogP contribution in [0.25, 0.3) is 6.08 Å². The van der Waals surface area contributed by atoms with Crippen molar-refractivity contribution in [2.24, 2.45) is 4.99 Å². The van der Waals surface area contributed by atoms with E-state index in [1.807, 2.05) is 43.3 Å². The van der Waals surface area contributed by atoms with Gasteiger partial charge in [-0.2, -0.15) is 0 Å². The topological polar surface area (TPSA) is 96.2 Å². The average molecular weight is 577 g/mol. The summed E-state index contributed by atoms with van der Waals surface area (Å²) < 4.78 is 18.2. The molecule has 0 amide bonds. The second-order valence-corrected chi connectivity index (χ2v) is 10.9. The predicted molar refractivity (Wildman–Crippen MR) is 159 cm³/mol. The van der Waals surface area contributed by atoms with Crippen molar-refractivity contribution in [2.75, 3.05) is 19.8 Å². The van der Waals surface area contributed by atoms with Crippen molar-refractivity contribution < 1.29 is 23.8 Å². The van der Waals surface area contributed by atoms with E-state index in [1.54, 1.807) is 36.6 Å². The Morgan fingerprint density at radius 1 is 1.02 bits per heavy atom. The van der Waals surface area contributed by atoms with E-state index in [1.165, 1.54) is 11.3 Å². The highest BCUT2D eigenvalue weighted by Crippen LogP contribution is 2.33. The van der Waals surface area contributed by atoms with Crippen LogP contribution in [0.4, 0.5) is 0 Å². The highest BCUT2D eigenvalue weighted by Gasteiger charge is 2.34. The summed E-state index contributed by atoms with van der Waals surface area (Å²) in [5.74, 6) is -0.149. The first-order valence-corrected chi connectivity index (χ1v) is 14.8. The molecule has 1 aliphatic rings. The number of aromatic nitrogens is 1. The molecule has 1 aromatic heterocycles. The van der Waals surface area contributed by atoms with Gasteiger partial charge in [-0.15, -0.1) is 0 Å². The van der Waals surface area contributed by atoms with Crippen LogP contribution in [0.2, 0.25) is 0 Å². The number of esters is 2. The minimum absolute atomic E-state index is 0.216. The summed E-state index contributed by atoms with van der Waals surface area (Å²) in [7, 11) is 0. The zero-order valence-electron chi connectivity index (χ0n) is 24.1. The van der Waals surface area contributed by atoms with E-state index in [0.29, 0.717) is 44.3 Å². The van der Waals surface area contributed by atoms with Crippen molar-refractivity contribution in [1.82, 2.24) is 4.57 Å². The van der Waals surface area contributed by atoms with E-state index in [0.717, 1.165) is 17.5 Å². The molecule has 0 saturated heterocycles. The van der Waals surface area contributed by atoms with Crippen molar-refractivity contribution in [3.63, 3.8) is 0 Å². The maximum absolute atomic E-state index is 14.0. The van der Waals surface area contributed by atoms with Gasteiger partial charge < -0.3 is 14.2 Å². The molecule has 0 unspecified atom stereocenters. The van der Waals surface area contributed by atoms with Gasteiger partial charge in [0.25, 0.3) is 5.56 Å². The van der Waals surface area contributed by atoms with Crippen LogP contribution in [0.15, 0.2) is 69.6 Å². The van der Waals surface area contributed by atoms with Crippen molar-refractivity contribution in [1.29, 1.82) is 0 Å². The smallest absolute Gasteiger partial charge is 0.344 e. The van der Waals surface area contributed by atoms with E-state index in [-0.39, 0.29) is 25.4 Å². The SMILES string of the molecule is CCCC1=C(C(=O)OCC)[C@@H](c2ccc(C(C)C)cc2)n2c(s/c(=C\c3ccccc3OCC(=O)OCC)c2=O)=N1. The lowest BCUT2D eigenvalue weighted by Crippen LogP contribution is -2.40. The molecule has 2 heterocycles. The average Bonchev–Trinajstić information content (AvgIpc) is 3.26. The second-order valence-electron chi connectivity index (χ2n) is 9.87. The van der Waals surface area contributed by atoms with E-state index >= 15 is 0 Å². The Bertz CT molecular complexity index is 1610. The van der Waals surface area contributed by atoms with Crippen molar-refractivity contribution in [2.45, 2.75) is 59.4 Å². The number of carbonyl (C=O) groups excluding carboxylic acids is 2. The number of rotatable bonds is 11. The molecule has 0 aliphatic carbocycles. The molecular formula is C32H36N2O6S. The molecule has 4 rings (SSSR count). The van der Waals surface area contributed by atoms with Gasteiger partial charge >= 0.3 is 11.9 Å². The molecule has 41 heavy (non-hydrogen) atoms. The number of fused-ring (bicyclic) bond motifs is 1. The highest BCUT2D eigenvalue weighted by molar-refractivity contribution is 7.07. The Labute approximate surface area is 243 Å². The number of hydrogen-bond acceptors (Lipinski definition) is 8. The standard InChI is InChI=1S/C32H36N2O6S/c1-6-11-24-28(31(37)39-8-3)29(22-16-14-21(15-17-22)20(4)5)34-30(36)26(41-32(34)33-24)18-23-12-9-10-13-25(23)40-19-27(35)38-7-2/h9-10,12-18,20,29H,6-8,11,19H2,1-5H3/b26-18-/t29-/m1/s1. The summed E-state index contributed by atoms with van der Waals surface area (Å²) in [4.78, 5) is 44.6. The zero-order valence-corrected chi connectivity index (χ0v) is 25.0. The second kappa shape index (κ2) is 13.6. The van der Waals surface area contributed by atoms with Gasteiger partial charge in [0.15, 0.2) is 11.4 Å². The molecule has 2 aromatic carbocycles. The monoisotopic (exact) mass is 576 g/mol. The molecule has 9 heteroatoms. The fourth-order valence-electron chi connectivity index (χ4n) is 4.71. The first-order valence-electron chi connectivity index (χ1n) is 14.0. The first kappa shape index (κ1) is 30.0. The molecule has 8 nitrogen and oxygen atoms in total. The Morgan fingerprint density at radius 3 is 2.39 bits per heavy atom. The maximum atomic E-state index is 14.0. The van der Waals surface area contributed by atoms with E-state index < -0.39 is 18.0 Å². The van der Waals surface area contributed by atoms with Gasteiger partial charge in [0.2, 0.25) is 0 Å². The number of hydrogen-bond donors (Lipinski definition) is 0. The normalized spacial score (nSPS) is 15.0. The van der Waals surface area contributed by atoms with Crippen LogP contribution in [-0.2, 0) is 19.1 Å². The third kappa shape index (κ3) is 6.68. The molecule has 0 fully saturated rings. The minimum Gasteiger partial charge on any atom is -0.481 e. The quantitative estimate of drug-likeness (QED) is 0.309. The van der Waals surface area contributed by atoms with Gasteiger partial charge in [0.05, 0.1) is 35.1 Å². The Morgan fingerprint density at radius 2 is 1.73 bits per heavy atom. The summed E-state index contributed by atoms with van der Waals surface area (Å²) in [6, 6.07) is 14.5. The highest BCUT2D eigenvalue weighted by atomic mass is 32.1. The number of ether oxygens (including phenoxy) is 3. The summed E-state index contributed by atoms with van der Waals surface area (Å²) in [6.45, 7) is 10.0. The van der Waals surface area contributed by atoms with E-state index in [2.05, 4.69) is 13.8 Å². The summed E-state index contributed by atoms with van der Waals surface area (Å²) in [5, 5.41) is 0. The fourth-order valence-corrected chi connectivity index (χ4v) is 5.72. The van der Waals surface area contributed by atoms with Gasteiger partial charge in [0.1, 0.15) is 5.75 Å². The van der Waals surface area contributed by atoms with Crippen LogP contribution in [0, 0.1) is 0 Å². The Balaban J connectivity index is 1.88. The minimum atomic E-state index is -0.675. The van der Waals surface area contributed by atoms with Crippen molar-refractivity contribution in [3.8, 4) is 5.75 Å². The number of nitrogens with zero attached hydrogens (tertiary/aromatic N) is 2. The van der Waals surface area contributed by atoms with E-state index in [9.17, 15) is 14.4 Å². The fraction of sp³-hybridized carbons (Fsp3) is 0.375. The molecular weight excluding hydrogens is 540 g/mol. The lowest BCUT2D eigenvalue weighted by Gasteiger charge is -2.26. The van der Waals surface area contributed by atoms with E-state index in [4.69, 9.17) is 19.2 Å². The van der Waals surface area contributed by atoms with Gasteiger partial charge in [-0.25, -0.2) is 14.6 Å². The largest absolute Gasteiger partial charge is 0.481 e. The van der Waals surface area contributed by atoms with Gasteiger partial charge in [-0.3, -0.25) is 9.36 Å². The van der Waals surface area contributed by atoms with Gasteiger partial charge in [0, 0.05) is 5.56 Å². The molecule has 0 saturated carbocycles. The Kier molecular flexibility index (Phi) is 9.94.